The van der Waals surface area contributed by atoms with Crippen LogP contribution in [0.5, 0.6) is 5.75 Å². The second-order valence-corrected chi connectivity index (χ2v) is 13.0. The van der Waals surface area contributed by atoms with Crippen LogP contribution in [0, 0.1) is 6.92 Å². The number of hydrogen-bond donors (Lipinski definition) is 1. The van der Waals surface area contributed by atoms with E-state index in [0.29, 0.717) is 0 Å². The average molecular weight is 612 g/mol. The van der Waals surface area contributed by atoms with Crippen molar-refractivity contribution < 1.29 is 22.7 Å². The minimum atomic E-state index is -4.24. The van der Waals surface area contributed by atoms with Gasteiger partial charge in [0.05, 0.1) is 17.7 Å². The van der Waals surface area contributed by atoms with E-state index in [0.717, 1.165) is 47.5 Å². The Morgan fingerprint density at radius 1 is 1.00 bits per heavy atom. The van der Waals surface area contributed by atoms with Gasteiger partial charge in [0.1, 0.15) is 18.3 Å². The van der Waals surface area contributed by atoms with Crippen molar-refractivity contribution in [2.24, 2.45) is 0 Å². The van der Waals surface area contributed by atoms with E-state index in [2.05, 4.69) is 5.32 Å². The third-order valence-corrected chi connectivity index (χ3v) is 9.62. The number of ether oxygens (including phenoxy) is 1. The molecule has 0 bridgehead atoms. The number of amides is 2. The number of methoxy groups -OCH3 is 1. The number of carbonyl (C=O) groups is 2. The molecule has 3 aromatic rings. The van der Waals surface area contributed by atoms with Crippen LogP contribution < -0.4 is 14.4 Å². The molecule has 3 aromatic carbocycles. The highest BCUT2D eigenvalue weighted by atomic mass is 35.5. The predicted octanol–water partition coefficient (Wildman–Crippen LogP) is 5.72. The van der Waals surface area contributed by atoms with E-state index in [9.17, 15) is 18.0 Å². The maximum atomic E-state index is 14.2. The molecule has 1 unspecified atom stereocenters. The largest absolute Gasteiger partial charge is 0.495 e. The van der Waals surface area contributed by atoms with Gasteiger partial charge in [0.15, 0.2) is 0 Å². The van der Waals surface area contributed by atoms with Gasteiger partial charge in [0.2, 0.25) is 11.8 Å². The van der Waals surface area contributed by atoms with Gasteiger partial charge >= 0.3 is 0 Å². The van der Waals surface area contributed by atoms with Gasteiger partial charge in [-0.25, -0.2) is 8.42 Å². The van der Waals surface area contributed by atoms with Gasteiger partial charge in [0, 0.05) is 17.6 Å². The Balaban J connectivity index is 1.71. The third kappa shape index (κ3) is 7.63. The minimum absolute atomic E-state index is 0.0145. The van der Waals surface area contributed by atoms with Gasteiger partial charge < -0.3 is 15.0 Å². The molecular formula is C32H38ClN3O5S. The normalized spacial score (nSPS) is 14.6. The van der Waals surface area contributed by atoms with Crippen LogP contribution in [0.1, 0.15) is 50.2 Å². The smallest absolute Gasteiger partial charge is 0.264 e. The van der Waals surface area contributed by atoms with Gasteiger partial charge in [-0.2, -0.15) is 0 Å². The van der Waals surface area contributed by atoms with Crippen molar-refractivity contribution in [1.29, 1.82) is 0 Å². The zero-order valence-corrected chi connectivity index (χ0v) is 25.8. The van der Waals surface area contributed by atoms with E-state index >= 15 is 0 Å². The summed E-state index contributed by atoms with van der Waals surface area (Å²) in [5, 5.41) is 3.39. The second kappa shape index (κ2) is 14.1. The van der Waals surface area contributed by atoms with Crippen molar-refractivity contribution in [2.75, 3.05) is 18.0 Å². The van der Waals surface area contributed by atoms with Crippen molar-refractivity contribution in [3.63, 3.8) is 0 Å². The van der Waals surface area contributed by atoms with Crippen LogP contribution in [0.4, 0.5) is 5.69 Å². The standard InChI is InChI=1S/C32H38ClN3O5S/c1-23-14-17-28(18-15-23)42(39,40)36(29-20-26(33)16-19-30(29)41-3)22-31(37)35(21-25-10-6-4-7-11-25)24(2)32(38)34-27-12-8-5-9-13-27/h4,6-7,10-11,14-20,24,27H,5,8-9,12-13,21-22H2,1-3H3,(H,34,38). The number of rotatable bonds is 11. The summed E-state index contributed by atoms with van der Waals surface area (Å²) in [6, 6.07) is 19.5. The van der Waals surface area contributed by atoms with Crippen LogP contribution in [0.25, 0.3) is 0 Å². The number of carbonyl (C=O) groups excluding carboxylic acids is 2. The lowest BCUT2D eigenvalue weighted by Crippen LogP contribution is -2.53. The Hall–Kier alpha value is -3.56. The number of sulfonamides is 1. The second-order valence-electron chi connectivity index (χ2n) is 10.7. The van der Waals surface area contributed by atoms with Crippen molar-refractivity contribution in [1.82, 2.24) is 10.2 Å². The van der Waals surface area contributed by atoms with Gasteiger partial charge in [-0.3, -0.25) is 13.9 Å². The molecule has 0 spiro atoms. The molecule has 0 aliphatic heterocycles. The summed E-state index contributed by atoms with van der Waals surface area (Å²) in [6.45, 7) is 3.10. The number of halogens is 1. The van der Waals surface area contributed by atoms with Crippen molar-refractivity contribution in [2.45, 2.75) is 69.5 Å². The first-order chi connectivity index (χ1) is 20.1. The molecule has 10 heteroatoms. The Bertz CT molecular complexity index is 1480. The molecule has 8 nitrogen and oxygen atoms in total. The molecular weight excluding hydrogens is 574 g/mol. The van der Waals surface area contributed by atoms with Crippen LogP contribution in [0.15, 0.2) is 77.7 Å². The number of benzene rings is 3. The maximum Gasteiger partial charge on any atom is 0.264 e. The van der Waals surface area contributed by atoms with Crippen LogP contribution >= 0.6 is 11.6 Å². The number of hydrogen-bond acceptors (Lipinski definition) is 5. The van der Waals surface area contributed by atoms with Crippen molar-refractivity contribution in [3.05, 3.63) is 88.9 Å². The fraction of sp³-hybridized carbons (Fsp3) is 0.375. The van der Waals surface area contributed by atoms with Gasteiger partial charge in [-0.05, 0) is 62.6 Å². The quantitative estimate of drug-likeness (QED) is 0.299. The van der Waals surface area contributed by atoms with Crippen LogP contribution in [0.3, 0.4) is 0 Å². The molecule has 1 saturated carbocycles. The van der Waals surface area contributed by atoms with E-state index in [4.69, 9.17) is 16.3 Å². The lowest BCUT2D eigenvalue weighted by Gasteiger charge is -2.33. The van der Waals surface area contributed by atoms with E-state index in [-0.39, 0.29) is 39.8 Å². The number of nitrogens with zero attached hydrogens (tertiary/aromatic N) is 2. The summed E-state index contributed by atoms with van der Waals surface area (Å²) < 4.78 is 34.7. The van der Waals surface area contributed by atoms with E-state index < -0.39 is 28.5 Å². The molecule has 0 aromatic heterocycles. The molecule has 224 valence electrons. The SMILES string of the molecule is COc1ccc(Cl)cc1N(CC(=O)N(Cc1ccccc1)C(C)C(=O)NC1CCCCC1)S(=O)(=O)c1ccc(C)cc1. The fourth-order valence-electron chi connectivity index (χ4n) is 5.14. The molecule has 4 rings (SSSR count). The monoisotopic (exact) mass is 611 g/mol. The highest BCUT2D eigenvalue weighted by molar-refractivity contribution is 7.92. The minimum Gasteiger partial charge on any atom is -0.495 e. The van der Waals surface area contributed by atoms with E-state index in [1.807, 2.05) is 37.3 Å². The molecule has 1 aliphatic carbocycles. The highest BCUT2D eigenvalue weighted by Crippen LogP contribution is 2.35. The Morgan fingerprint density at radius 3 is 2.31 bits per heavy atom. The highest BCUT2D eigenvalue weighted by Gasteiger charge is 2.34. The summed E-state index contributed by atoms with van der Waals surface area (Å²) in [7, 11) is -2.82. The van der Waals surface area contributed by atoms with E-state index in [1.165, 1.54) is 30.2 Å². The summed E-state index contributed by atoms with van der Waals surface area (Å²) >= 11 is 6.30. The average Bonchev–Trinajstić information content (AvgIpc) is 2.99. The molecule has 1 fully saturated rings. The Kier molecular flexibility index (Phi) is 10.5. The maximum absolute atomic E-state index is 14.2. The number of anilines is 1. The molecule has 1 atom stereocenters. The lowest BCUT2D eigenvalue weighted by atomic mass is 9.95. The first-order valence-corrected chi connectivity index (χ1v) is 16.0. The summed E-state index contributed by atoms with van der Waals surface area (Å²) in [6.07, 6.45) is 5.07. The Labute approximate surface area is 253 Å². The molecule has 2 amide bonds. The van der Waals surface area contributed by atoms with Crippen LogP contribution in [-0.2, 0) is 26.2 Å². The van der Waals surface area contributed by atoms with Gasteiger partial charge in [0.25, 0.3) is 10.0 Å². The van der Waals surface area contributed by atoms with Gasteiger partial charge in [-0.15, -0.1) is 0 Å². The van der Waals surface area contributed by atoms with Gasteiger partial charge in [-0.1, -0.05) is 78.9 Å². The van der Waals surface area contributed by atoms with Crippen LogP contribution in [0.2, 0.25) is 5.02 Å². The number of aryl methyl sites for hydroxylation is 1. The first-order valence-electron chi connectivity index (χ1n) is 14.2. The molecule has 1 aliphatic rings. The Morgan fingerprint density at radius 2 is 1.67 bits per heavy atom. The lowest BCUT2D eigenvalue weighted by molar-refractivity contribution is -0.139. The molecule has 0 saturated heterocycles. The fourth-order valence-corrected chi connectivity index (χ4v) is 6.72. The first kappa shape index (κ1) is 31.4. The zero-order chi connectivity index (χ0) is 30.3. The van der Waals surface area contributed by atoms with Crippen LogP contribution in [-0.4, -0.2) is 50.9 Å². The molecule has 42 heavy (non-hydrogen) atoms. The topological polar surface area (TPSA) is 96.0 Å². The predicted molar refractivity (Wildman–Crippen MR) is 165 cm³/mol. The van der Waals surface area contributed by atoms with Crippen molar-refractivity contribution >= 4 is 39.1 Å². The summed E-state index contributed by atoms with van der Waals surface area (Å²) in [5.41, 5.74) is 1.83. The molecule has 0 heterocycles. The zero-order valence-electron chi connectivity index (χ0n) is 24.3. The van der Waals surface area contributed by atoms with Crippen molar-refractivity contribution in [3.8, 4) is 5.75 Å². The molecule has 1 N–H and O–H groups in total. The summed E-state index contributed by atoms with van der Waals surface area (Å²) in [5.74, 6) is -0.567. The number of nitrogens with one attached hydrogen (secondary N) is 1. The third-order valence-electron chi connectivity index (χ3n) is 7.61. The molecule has 0 radical (unpaired) electrons. The van der Waals surface area contributed by atoms with E-state index in [1.54, 1.807) is 31.2 Å². The summed E-state index contributed by atoms with van der Waals surface area (Å²) in [4.78, 5) is 29.0.